The number of benzene rings is 1. The van der Waals surface area contributed by atoms with Gasteiger partial charge in [0, 0.05) is 25.7 Å². The lowest BCUT2D eigenvalue weighted by Crippen LogP contribution is -2.44. The molecule has 6 heteroatoms. The highest BCUT2D eigenvalue weighted by Crippen LogP contribution is 2.27. The number of hydrogen-bond acceptors (Lipinski definition) is 4. The minimum atomic E-state index is -1.07. The highest BCUT2D eigenvalue weighted by atomic mass is 16.6. The summed E-state index contributed by atoms with van der Waals surface area (Å²) in [6, 6.07) is 4.97. The molecule has 2 rings (SSSR count). The molecule has 1 aromatic rings. The van der Waals surface area contributed by atoms with Crippen LogP contribution in [0.25, 0.3) is 0 Å². The van der Waals surface area contributed by atoms with Crippen LogP contribution in [0.1, 0.15) is 38.3 Å². The molecule has 0 aliphatic carbocycles. The predicted octanol–water partition coefficient (Wildman–Crippen LogP) is 2.59. The van der Waals surface area contributed by atoms with Crippen LogP contribution < -0.4 is 10.2 Å². The zero-order valence-electron chi connectivity index (χ0n) is 14.8. The second kappa shape index (κ2) is 7.11. The van der Waals surface area contributed by atoms with Crippen molar-refractivity contribution in [3.05, 3.63) is 29.3 Å². The normalized spacial score (nSPS) is 15.4. The maximum absolute atomic E-state index is 11.8. The second-order valence-electron chi connectivity index (χ2n) is 7.23. The van der Waals surface area contributed by atoms with Crippen LogP contribution in [0.3, 0.4) is 0 Å². The predicted molar refractivity (Wildman–Crippen MR) is 92.5 cm³/mol. The summed E-state index contributed by atoms with van der Waals surface area (Å²) >= 11 is 0. The molecule has 1 unspecified atom stereocenters. The summed E-state index contributed by atoms with van der Waals surface area (Å²) in [5.74, 6) is -1.07. The topological polar surface area (TPSA) is 78.9 Å². The Labute approximate surface area is 142 Å². The standard InChI is InChI=1S/C18H26N2O4/c1-18(2,3)24-17(23)19-14(16(21)22)11-12-7-8-15-13(10-12)6-5-9-20(15)4/h7-8,10,14H,5-6,9,11H2,1-4H3,(H,19,23)(H,21,22). The zero-order valence-corrected chi connectivity index (χ0v) is 14.8. The lowest BCUT2D eigenvalue weighted by Gasteiger charge is -2.28. The first kappa shape index (κ1) is 18.1. The van der Waals surface area contributed by atoms with E-state index in [2.05, 4.69) is 17.3 Å². The smallest absolute Gasteiger partial charge is 0.408 e. The Morgan fingerprint density at radius 2 is 2.08 bits per heavy atom. The van der Waals surface area contributed by atoms with Crippen LogP contribution in [0.5, 0.6) is 0 Å². The van der Waals surface area contributed by atoms with Crippen molar-refractivity contribution in [2.45, 2.75) is 51.7 Å². The third kappa shape index (κ3) is 4.88. The summed E-state index contributed by atoms with van der Waals surface area (Å²) in [6.07, 6.45) is 1.59. The number of alkyl carbamates (subject to hydrolysis) is 1. The number of aliphatic carboxylic acids is 1. The van der Waals surface area contributed by atoms with E-state index in [1.165, 1.54) is 11.3 Å². The molecule has 1 atom stereocenters. The van der Waals surface area contributed by atoms with Gasteiger partial charge in [-0.15, -0.1) is 0 Å². The van der Waals surface area contributed by atoms with Crippen LogP contribution in [0.4, 0.5) is 10.5 Å². The highest BCUT2D eigenvalue weighted by Gasteiger charge is 2.25. The van der Waals surface area contributed by atoms with Crippen LogP contribution in [-0.2, 0) is 22.4 Å². The van der Waals surface area contributed by atoms with E-state index in [1.807, 2.05) is 18.2 Å². The summed E-state index contributed by atoms with van der Waals surface area (Å²) in [4.78, 5) is 25.5. The van der Waals surface area contributed by atoms with E-state index in [1.54, 1.807) is 20.8 Å². The summed E-state index contributed by atoms with van der Waals surface area (Å²) < 4.78 is 5.14. The SMILES string of the molecule is CN1CCCc2cc(CC(NC(=O)OC(C)(C)C)C(=O)O)ccc21. The molecular formula is C18H26N2O4. The molecule has 0 saturated carbocycles. The molecular weight excluding hydrogens is 308 g/mol. The first-order valence-electron chi connectivity index (χ1n) is 8.21. The van der Waals surface area contributed by atoms with Gasteiger partial charge in [-0.25, -0.2) is 9.59 Å². The third-order valence-corrected chi connectivity index (χ3v) is 3.92. The number of carboxylic acids is 1. The fourth-order valence-corrected chi connectivity index (χ4v) is 2.85. The van der Waals surface area contributed by atoms with Crippen molar-refractivity contribution in [3.8, 4) is 0 Å². The molecule has 0 saturated heterocycles. The van der Waals surface area contributed by atoms with Crippen LogP contribution in [0.15, 0.2) is 18.2 Å². The molecule has 0 aromatic heterocycles. The summed E-state index contributed by atoms with van der Waals surface area (Å²) in [5, 5.41) is 11.8. The van der Waals surface area contributed by atoms with Crippen LogP contribution in [-0.4, -0.2) is 42.4 Å². The Morgan fingerprint density at radius 1 is 1.38 bits per heavy atom. The summed E-state index contributed by atoms with van der Waals surface area (Å²) in [6.45, 7) is 6.25. The van der Waals surface area contributed by atoms with E-state index in [0.29, 0.717) is 0 Å². The van der Waals surface area contributed by atoms with E-state index < -0.39 is 23.7 Å². The molecule has 1 amide bonds. The lowest BCUT2D eigenvalue weighted by molar-refractivity contribution is -0.139. The Hall–Kier alpha value is -2.24. The first-order chi connectivity index (χ1) is 11.2. The number of rotatable bonds is 4. The summed E-state index contributed by atoms with van der Waals surface area (Å²) in [7, 11) is 2.06. The van der Waals surface area contributed by atoms with Gasteiger partial charge in [-0.3, -0.25) is 0 Å². The lowest BCUT2D eigenvalue weighted by atomic mass is 9.97. The van der Waals surface area contributed by atoms with E-state index >= 15 is 0 Å². The van der Waals surface area contributed by atoms with E-state index in [9.17, 15) is 14.7 Å². The second-order valence-corrected chi connectivity index (χ2v) is 7.23. The number of carboxylic acid groups (broad SMARTS) is 1. The van der Waals surface area contributed by atoms with Crippen molar-refractivity contribution >= 4 is 17.7 Å². The minimum absolute atomic E-state index is 0.228. The molecule has 0 spiro atoms. The monoisotopic (exact) mass is 334 g/mol. The van der Waals surface area contributed by atoms with Gasteiger partial charge in [0.25, 0.3) is 0 Å². The van der Waals surface area contributed by atoms with Crippen LogP contribution in [0, 0.1) is 0 Å². The number of nitrogens with one attached hydrogen (secondary N) is 1. The number of aryl methyl sites for hydroxylation is 1. The summed E-state index contributed by atoms with van der Waals surface area (Å²) in [5.41, 5.74) is 2.65. The van der Waals surface area contributed by atoms with Gasteiger partial charge in [-0.1, -0.05) is 12.1 Å². The average Bonchev–Trinajstić information content (AvgIpc) is 2.44. The fraction of sp³-hybridized carbons (Fsp3) is 0.556. The average molecular weight is 334 g/mol. The molecule has 0 fully saturated rings. The number of ether oxygens (including phenoxy) is 1. The van der Waals surface area contributed by atoms with Gasteiger partial charge < -0.3 is 20.1 Å². The molecule has 0 bridgehead atoms. The molecule has 1 aliphatic heterocycles. The maximum Gasteiger partial charge on any atom is 0.408 e. The van der Waals surface area contributed by atoms with Crippen molar-refractivity contribution < 1.29 is 19.4 Å². The highest BCUT2D eigenvalue weighted by molar-refractivity contribution is 5.80. The number of anilines is 1. The number of nitrogens with zero attached hydrogens (tertiary/aromatic N) is 1. The van der Waals surface area contributed by atoms with Gasteiger partial charge in [0.1, 0.15) is 11.6 Å². The van der Waals surface area contributed by atoms with Crippen molar-refractivity contribution in [2.24, 2.45) is 0 Å². The van der Waals surface area contributed by atoms with Gasteiger partial charge in [0.15, 0.2) is 0 Å². The Morgan fingerprint density at radius 3 is 2.71 bits per heavy atom. The first-order valence-corrected chi connectivity index (χ1v) is 8.21. The molecule has 0 radical (unpaired) electrons. The van der Waals surface area contributed by atoms with Crippen LogP contribution >= 0.6 is 0 Å². The van der Waals surface area contributed by atoms with Crippen LogP contribution in [0.2, 0.25) is 0 Å². The van der Waals surface area contributed by atoms with Crippen molar-refractivity contribution in [1.82, 2.24) is 5.32 Å². The van der Waals surface area contributed by atoms with Gasteiger partial charge in [-0.2, -0.15) is 0 Å². The molecule has 2 N–H and O–H groups in total. The molecule has 6 nitrogen and oxygen atoms in total. The van der Waals surface area contributed by atoms with E-state index in [4.69, 9.17) is 4.74 Å². The number of amides is 1. The fourth-order valence-electron chi connectivity index (χ4n) is 2.85. The Bertz CT molecular complexity index is 622. The maximum atomic E-state index is 11.8. The van der Waals surface area contributed by atoms with Gasteiger partial charge >= 0.3 is 12.1 Å². The molecule has 24 heavy (non-hydrogen) atoms. The van der Waals surface area contributed by atoms with E-state index in [-0.39, 0.29) is 6.42 Å². The van der Waals surface area contributed by atoms with Gasteiger partial charge in [0.2, 0.25) is 0 Å². The quantitative estimate of drug-likeness (QED) is 0.885. The zero-order chi connectivity index (χ0) is 17.9. The Balaban J connectivity index is 2.08. The molecule has 1 aromatic carbocycles. The Kier molecular flexibility index (Phi) is 5.36. The van der Waals surface area contributed by atoms with Gasteiger partial charge in [0.05, 0.1) is 0 Å². The number of fused-ring (bicyclic) bond motifs is 1. The van der Waals surface area contributed by atoms with Crippen molar-refractivity contribution in [1.29, 1.82) is 0 Å². The number of carbonyl (C=O) groups is 2. The molecule has 1 heterocycles. The van der Waals surface area contributed by atoms with Gasteiger partial charge in [-0.05, 0) is 50.8 Å². The number of hydrogen-bond donors (Lipinski definition) is 2. The van der Waals surface area contributed by atoms with Crippen molar-refractivity contribution in [3.63, 3.8) is 0 Å². The molecule has 1 aliphatic rings. The third-order valence-electron chi connectivity index (χ3n) is 3.92. The minimum Gasteiger partial charge on any atom is -0.480 e. The van der Waals surface area contributed by atoms with Crippen molar-refractivity contribution in [2.75, 3.05) is 18.5 Å². The number of carbonyl (C=O) groups excluding carboxylic acids is 1. The van der Waals surface area contributed by atoms with E-state index in [0.717, 1.165) is 24.9 Å². The largest absolute Gasteiger partial charge is 0.480 e. The molecule has 132 valence electrons.